The van der Waals surface area contributed by atoms with Gasteiger partial charge < -0.3 is 10.2 Å². The third kappa shape index (κ3) is 4.73. The zero-order valence-corrected chi connectivity index (χ0v) is 19.1. The van der Waals surface area contributed by atoms with E-state index in [1.165, 1.54) is 0 Å². The molecule has 0 saturated heterocycles. The molecule has 158 valence electrons. The van der Waals surface area contributed by atoms with Crippen LogP contribution < -0.4 is 10.9 Å². The summed E-state index contributed by atoms with van der Waals surface area (Å²) in [6.45, 7) is 4.69. The van der Waals surface area contributed by atoms with Gasteiger partial charge in [0.1, 0.15) is 5.82 Å². The van der Waals surface area contributed by atoms with Crippen LogP contribution in [0, 0.1) is 0 Å². The van der Waals surface area contributed by atoms with E-state index in [9.17, 15) is 9.59 Å². The number of halogens is 1. The number of carbonyl (C=O) groups is 1. The van der Waals surface area contributed by atoms with E-state index in [1.807, 2.05) is 49.4 Å². The van der Waals surface area contributed by atoms with Gasteiger partial charge in [0.2, 0.25) is 0 Å². The maximum Gasteiger partial charge on any atom is 0.322 e. The van der Waals surface area contributed by atoms with Crippen LogP contribution in [0.3, 0.4) is 0 Å². The first-order valence-corrected chi connectivity index (χ1v) is 11.0. The zero-order valence-electron chi connectivity index (χ0n) is 17.6. The summed E-state index contributed by atoms with van der Waals surface area (Å²) in [5, 5.41) is 3.57. The number of carbonyl (C=O) groups excluding carboxylic acids is 1. The Morgan fingerprint density at radius 3 is 2.53 bits per heavy atom. The maximum atomic E-state index is 13.2. The first kappa shape index (κ1) is 22.0. The van der Waals surface area contributed by atoms with Crippen molar-refractivity contribution in [2.24, 2.45) is 7.05 Å². The predicted molar refractivity (Wildman–Crippen MR) is 125 cm³/mol. The highest BCUT2D eigenvalue weighted by molar-refractivity contribution is 9.10. The lowest BCUT2D eigenvalue weighted by atomic mass is 10.1. The number of hydrogen-bond acceptors (Lipinski definition) is 3. The first-order valence-electron chi connectivity index (χ1n) is 10.2. The van der Waals surface area contributed by atoms with Gasteiger partial charge >= 0.3 is 6.03 Å². The van der Waals surface area contributed by atoms with Crippen LogP contribution in [0.25, 0.3) is 10.9 Å². The summed E-state index contributed by atoms with van der Waals surface area (Å²) >= 11 is 3.41. The third-order valence-corrected chi connectivity index (χ3v) is 5.72. The average molecular weight is 471 g/mol. The fourth-order valence-corrected chi connectivity index (χ4v) is 3.80. The molecule has 7 heteroatoms. The number of amides is 2. The molecule has 1 atom stereocenters. The van der Waals surface area contributed by atoms with Crippen molar-refractivity contribution in [3.05, 3.63) is 69.2 Å². The second kappa shape index (κ2) is 9.89. The van der Waals surface area contributed by atoms with E-state index in [2.05, 4.69) is 28.2 Å². The minimum Gasteiger partial charge on any atom is -0.314 e. The van der Waals surface area contributed by atoms with Gasteiger partial charge in [-0.05, 0) is 49.2 Å². The van der Waals surface area contributed by atoms with Crippen LogP contribution in [0.1, 0.15) is 45.0 Å². The Balaban J connectivity index is 1.99. The number of rotatable bonds is 7. The Hall–Kier alpha value is -2.67. The zero-order chi connectivity index (χ0) is 21.7. The highest BCUT2D eigenvalue weighted by atomic mass is 79.9. The van der Waals surface area contributed by atoms with Crippen LogP contribution in [0.5, 0.6) is 0 Å². The van der Waals surface area contributed by atoms with Crippen molar-refractivity contribution in [1.82, 2.24) is 14.5 Å². The topological polar surface area (TPSA) is 67.2 Å². The number of fused-ring (bicyclic) bond motifs is 1. The van der Waals surface area contributed by atoms with Gasteiger partial charge in [-0.2, -0.15) is 0 Å². The second-order valence-corrected chi connectivity index (χ2v) is 8.18. The number of unbranched alkanes of at least 4 members (excludes halogenated alkanes) is 1. The van der Waals surface area contributed by atoms with Gasteiger partial charge in [0.25, 0.3) is 5.56 Å². The lowest BCUT2D eigenvalue weighted by Gasteiger charge is -2.32. The molecule has 1 aromatic heterocycles. The molecule has 2 amide bonds. The monoisotopic (exact) mass is 470 g/mol. The number of aromatic nitrogens is 2. The molecule has 0 bridgehead atoms. The number of urea groups is 1. The van der Waals surface area contributed by atoms with E-state index in [1.54, 1.807) is 22.6 Å². The molecular formula is C23H27BrN4O2. The lowest BCUT2D eigenvalue weighted by Crippen LogP contribution is -2.41. The fraction of sp³-hybridized carbons (Fsp3) is 0.348. The Kier molecular flexibility index (Phi) is 7.26. The summed E-state index contributed by atoms with van der Waals surface area (Å²) in [7, 11) is 1.73. The number of para-hydroxylation sites is 1. The molecule has 2 aromatic carbocycles. The smallest absolute Gasteiger partial charge is 0.314 e. The van der Waals surface area contributed by atoms with Gasteiger partial charge in [-0.25, -0.2) is 9.78 Å². The Morgan fingerprint density at radius 1 is 1.17 bits per heavy atom. The molecule has 3 rings (SSSR count). The Labute approximate surface area is 185 Å². The molecule has 0 fully saturated rings. The summed E-state index contributed by atoms with van der Waals surface area (Å²) in [6.07, 6.45) is 2.48. The van der Waals surface area contributed by atoms with Gasteiger partial charge in [0.15, 0.2) is 0 Å². The molecule has 0 saturated carbocycles. The third-order valence-electron chi connectivity index (χ3n) is 5.19. The van der Waals surface area contributed by atoms with Gasteiger partial charge in [0.05, 0.1) is 16.9 Å². The van der Waals surface area contributed by atoms with E-state index in [0.717, 1.165) is 23.0 Å². The van der Waals surface area contributed by atoms with Crippen LogP contribution in [0.15, 0.2) is 57.8 Å². The van der Waals surface area contributed by atoms with Crippen LogP contribution in [-0.2, 0) is 7.05 Å². The molecule has 0 aliphatic carbocycles. The number of nitrogens with one attached hydrogen (secondary N) is 1. The minimum absolute atomic E-state index is 0.0993. The SMILES string of the molecule is CCCCN(C(=O)Nc1ccc(Br)cc1)C(CC)c1nc2ccccc2c(=O)n1C. The maximum absolute atomic E-state index is 13.2. The number of nitrogens with zero attached hydrogens (tertiary/aromatic N) is 3. The first-order chi connectivity index (χ1) is 14.5. The van der Waals surface area contributed by atoms with Crippen LogP contribution in [-0.4, -0.2) is 27.0 Å². The highest BCUT2D eigenvalue weighted by Crippen LogP contribution is 2.25. The van der Waals surface area contributed by atoms with Crippen LogP contribution >= 0.6 is 15.9 Å². The van der Waals surface area contributed by atoms with E-state index in [-0.39, 0.29) is 17.6 Å². The summed E-state index contributed by atoms with van der Waals surface area (Å²) in [4.78, 5) is 32.7. The van der Waals surface area contributed by atoms with Crippen molar-refractivity contribution in [1.29, 1.82) is 0 Å². The van der Waals surface area contributed by atoms with E-state index in [4.69, 9.17) is 4.98 Å². The summed E-state index contributed by atoms with van der Waals surface area (Å²) in [5.74, 6) is 0.600. The van der Waals surface area contributed by atoms with Gasteiger partial charge in [-0.15, -0.1) is 0 Å². The molecule has 30 heavy (non-hydrogen) atoms. The largest absolute Gasteiger partial charge is 0.322 e. The Bertz CT molecular complexity index is 1080. The van der Waals surface area contributed by atoms with Gasteiger partial charge in [-0.3, -0.25) is 9.36 Å². The predicted octanol–water partition coefficient (Wildman–Crippen LogP) is 5.48. The Morgan fingerprint density at radius 2 is 1.87 bits per heavy atom. The normalized spacial score (nSPS) is 12.0. The second-order valence-electron chi connectivity index (χ2n) is 7.26. The molecule has 3 aromatic rings. The highest BCUT2D eigenvalue weighted by Gasteiger charge is 2.27. The van der Waals surface area contributed by atoms with Crippen molar-refractivity contribution >= 4 is 38.6 Å². The number of anilines is 1. The molecule has 1 N–H and O–H groups in total. The molecule has 0 radical (unpaired) electrons. The van der Waals surface area contributed by atoms with E-state index < -0.39 is 0 Å². The quantitative estimate of drug-likeness (QED) is 0.496. The number of hydrogen-bond donors (Lipinski definition) is 1. The minimum atomic E-state index is -0.311. The van der Waals surface area contributed by atoms with Crippen molar-refractivity contribution in [3.8, 4) is 0 Å². The van der Waals surface area contributed by atoms with E-state index >= 15 is 0 Å². The lowest BCUT2D eigenvalue weighted by molar-refractivity contribution is 0.179. The van der Waals surface area contributed by atoms with Crippen molar-refractivity contribution in [2.75, 3.05) is 11.9 Å². The molecule has 1 heterocycles. The van der Waals surface area contributed by atoms with Gasteiger partial charge in [-0.1, -0.05) is 48.3 Å². The standard InChI is InChI=1S/C23H27BrN4O2/c1-4-6-15-28(23(30)25-17-13-11-16(24)12-14-17)20(5-2)21-26-19-10-8-7-9-18(19)22(29)27(21)3/h7-14,20H,4-6,15H2,1-3H3,(H,25,30). The summed E-state index contributed by atoms with van der Waals surface area (Å²) < 4.78 is 2.52. The molecule has 0 aliphatic rings. The van der Waals surface area contributed by atoms with Crippen molar-refractivity contribution < 1.29 is 4.79 Å². The fourth-order valence-electron chi connectivity index (χ4n) is 3.53. The van der Waals surface area contributed by atoms with Gasteiger partial charge in [0, 0.05) is 23.8 Å². The molecule has 1 unspecified atom stereocenters. The summed E-state index contributed by atoms with van der Waals surface area (Å²) in [5.41, 5.74) is 1.27. The van der Waals surface area contributed by atoms with Crippen molar-refractivity contribution in [2.45, 2.75) is 39.2 Å². The molecule has 6 nitrogen and oxygen atoms in total. The van der Waals surface area contributed by atoms with Crippen LogP contribution in [0.2, 0.25) is 0 Å². The van der Waals surface area contributed by atoms with Crippen molar-refractivity contribution in [3.63, 3.8) is 0 Å². The molecule has 0 spiro atoms. The number of benzene rings is 2. The van der Waals surface area contributed by atoms with Crippen LogP contribution in [0.4, 0.5) is 10.5 Å². The molecule has 0 aliphatic heterocycles. The summed E-state index contributed by atoms with van der Waals surface area (Å²) in [6, 6.07) is 14.3. The van der Waals surface area contributed by atoms with E-state index in [0.29, 0.717) is 29.7 Å². The average Bonchev–Trinajstić information content (AvgIpc) is 2.75. The molecular weight excluding hydrogens is 444 g/mol.